The molecule has 1 N–H and O–H groups in total. The van der Waals surface area contributed by atoms with Gasteiger partial charge >= 0.3 is 0 Å². The lowest BCUT2D eigenvalue weighted by atomic mass is 10.1. The molecule has 6 heteroatoms. The van der Waals surface area contributed by atoms with Crippen LogP contribution in [0.1, 0.15) is 16.8 Å². The lowest BCUT2D eigenvalue weighted by Gasteiger charge is -2.19. The summed E-state index contributed by atoms with van der Waals surface area (Å²) in [5.74, 6) is 0.733. The molecule has 23 heavy (non-hydrogen) atoms. The lowest BCUT2D eigenvalue weighted by Crippen LogP contribution is -2.25. The fourth-order valence-electron chi connectivity index (χ4n) is 2.72. The van der Waals surface area contributed by atoms with Crippen molar-refractivity contribution in [2.24, 2.45) is 0 Å². The van der Waals surface area contributed by atoms with Crippen LogP contribution < -0.4 is 4.74 Å². The lowest BCUT2D eigenvalue weighted by molar-refractivity contribution is -0.122. The Kier molecular flexibility index (Phi) is 6.50. The highest BCUT2D eigenvalue weighted by molar-refractivity contribution is 5.32. The van der Waals surface area contributed by atoms with Crippen LogP contribution in [0.5, 0.6) is 5.88 Å². The predicted octanol–water partition coefficient (Wildman–Crippen LogP) is 1.79. The first-order chi connectivity index (χ1) is 11.3. The van der Waals surface area contributed by atoms with Gasteiger partial charge in [0.1, 0.15) is 6.33 Å². The summed E-state index contributed by atoms with van der Waals surface area (Å²) in [4.78, 5) is 19.5. The Labute approximate surface area is 135 Å². The van der Waals surface area contributed by atoms with Gasteiger partial charge in [-0.25, -0.2) is 9.97 Å². The molecule has 0 radical (unpaired) electrons. The van der Waals surface area contributed by atoms with Gasteiger partial charge in [0, 0.05) is 31.6 Å². The van der Waals surface area contributed by atoms with Gasteiger partial charge in [-0.1, -0.05) is 30.3 Å². The average Bonchev–Trinajstić information content (AvgIpc) is 2.79. The second kappa shape index (κ2) is 8.85. The van der Waals surface area contributed by atoms with E-state index in [-0.39, 0.29) is 6.47 Å². The Morgan fingerprint density at radius 1 is 1.22 bits per heavy atom. The quantitative estimate of drug-likeness (QED) is 0.870. The van der Waals surface area contributed by atoms with E-state index in [0.717, 1.165) is 44.0 Å². The summed E-state index contributed by atoms with van der Waals surface area (Å²) < 4.78 is 5.35. The van der Waals surface area contributed by atoms with E-state index in [1.54, 1.807) is 13.4 Å². The standard InChI is InChI=1S/C16H19N3O.CH2O2/c1-20-16-14-7-9-19(10-8-15(14)17-12-18-16)11-13-5-3-2-4-6-13;2-1-3/h2-6,12H,7-11H2,1H3;1H,(H,2,3). The van der Waals surface area contributed by atoms with Crippen molar-refractivity contribution in [3.63, 3.8) is 0 Å². The monoisotopic (exact) mass is 315 g/mol. The van der Waals surface area contributed by atoms with Crippen LogP contribution in [-0.2, 0) is 24.2 Å². The minimum absolute atomic E-state index is 0.250. The molecule has 0 saturated carbocycles. The van der Waals surface area contributed by atoms with Crippen molar-refractivity contribution < 1.29 is 14.6 Å². The maximum absolute atomic E-state index is 8.36. The van der Waals surface area contributed by atoms with E-state index in [9.17, 15) is 0 Å². The number of methoxy groups -OCH3 is 1. The number of carboxylic acid groups (broad SMARTS) is 1. The molecule has 0 spiro atoms. The highest BCUT2D eigenvalue weighted by atomic mass is 16.5. The molecule has 6 nitrogen and oxygen atoms in total. The average molecular weight is 315 g/mol. The van der Waals surface area contributed by atoms with Gasteiger partial charge in [-0.3, -0.25) is 9.69 Å². The minimum Gasteiger partial charge on any atom is -0.483 e. The molecule has 3 rings (SSSR count). The van der Waals surface area contributed by atoms with E-state index in [0.29, 0.717) is 0 Å². The van der Waals surface area contributed by atoms with Crippen LogP contribution in [0.15, 0.2) is 36.7 Å². The largest absolute Gasteiger partial charge is 0.483 e. The van der Waals surface area contributed by atoms with Gasteiger partial charge in [-0.2, -0.15) is 0 Å². The van der Waals surface area contributed by atoms with Crippen LogP contribution in [0.3, 0.4) is 0 Å². The summed E-state index contributed by atoms with van der Waals surface area (Å²) in [6, 6.07) is 10.6. The normalized spacial score (nSPS) is 14.0. The van der Waals surface area contributed by atoms with Crippen molar-refractivity contribution in [1.29, 1.82) is 0 Å². The maximum Gasteiger partial charge on any atom is 0.290 e. The summed E-state index contributed by atoms with van der Waals surface area (Å²) in [5.41, 5.74) is 3.66. The Balaban J connectivity index is 0.000000595. The van der Waals surface area contributed by atoms with Gasteiger partial charge < -0.3 is 9.84 Å². The van der Waals surface area contributed by atoms with E-state index in [2.05, 4.69) is 45.2 Å². The van der Waals surface area contributed by atoms with E-state index < -0.39 is 0 Å². The smallest absolute Gasteiger partial charge is 0.290 e. The molecule has 0 aliphatic carbocycles. The molecule has 1 aliphatic heterocycles. The first-order valence-electron chi connectivity index (χ1n) is 7.49. The van der Waals surface area contributed by atoms with Gasteiger partial charge in [0.15, 0.2) is 0 Å². The molecular formula is C17H21N3O3. The Bertz CT molecular complexity index is 620. The summed E-state index contributed by atoms with van der Waals surface area (Å²) in [6.07, 6.45) is 3.51. The fraction of sp³-hybridized carbons (Fsp3) is 0.353. The molecule has 122 valence electrons. The fourth-order valence-corrected chi connectivity index (χ4v) is 2.72. The van der Waals surface area contributed by atoms with Crippen LogP contribution in [0.25, 0.3) is 0 Å². The van der Waals surface area contributed by atoms with Crippen LogP contribution >= 0.6 is 0 Å². The number of hydrogen-bond donors (Lipinski definition) is 1. The number of aromatic nitrogens is 2. The van der Waals surface area contributed by atoms with E-state index in [4.69, 9.17) is 14.6 Å². The van der Waals surface area contributed by atoms with Crippen LogP contribution in [-0.4, -0.2) is 46.6 Å². The first kappa shape index (κ1) is 16.9. The first-order valence-corrected chi connectivity index (χ1v) is 7.49. The van der Waals surface area contributed by atoms with Crippen LogP contribution in [0.2, 0.25) is 0 Å². The molecule has 1 aromatic carbocycles. The van der Waals surface area contributed by atoms with Crippen molar-refractivity contribution in [2.45, 2.75) is 19.4 Å². The Hall–Kier alpha value is -2.47. The molecule has 1 aliphatic rings. The Morgan fingerprint density at radius 2 is 1.91 bits per heavy atom. The number of hydrogen-bond acceptors (Lipinski definition) is 5. The summed E-state index contributed by atoms with van der Waals surface area (Å²) in [6.45, 7) is 2.79. The summed E-state index contributed by atoms with van der Waals surface area (Å²) in [5, 5.41) is 6.89. The van der Waals surface area contributed by atoms with E-state index in [1.807, 2.05) is 0 Å². The molecule has 1 aromatic heterocycles. The third kappa shape index (κ3) is 4.75. The van der Waals surface area contributed by atoms with Crippen molar-refractivity contribution in [2.75, 3.05) is 20.2 Å². The van der Waals surface area contributed by atoms with Gasteiger partial charge in [-0.05, 0) is 12.0 Å². The topological polar surface area (TPSA) is 75.6 Å². The summed E-state index contributed by atoms with van der Waals surface area (Å²) >= 11 is 0. The third-order valence-electron chi connectivity index (χ3n) is 3.78. The number of ether oxygens (including phenoxy) is 1. The zero-order valence-corrected chi connectivity index (χ0v) is 13.2. The Morgan fingerprint density at radius 3 is 2.61 bits per heavy atom. The van der Waals surface area contributed by atoms with E-state index in [1.165, 1.54) is 11.1 Å². The molecular weight excluding hydrogens is 294 g/mol. The molecule has 0 unspecified atom stereocenters. The number of nitrogens with zero attached hydrogens (tertiary/aromatic N) is 3. The highest BCUT2D eigenvalue weighted by Crippen LogP contribution is 2.22. The second-order valence-electron chi connectivity index (χ2n) is 5.18. The van der Waals surface area contributed by atoms with Gasteiger partial charge in [-0.15, -0.1) is 0 Å². The summed E-state index contributed by atoms with van der Waals surface area (Å²) in [7, 11) is 1.68. The number of benzene rings is 1. The van der Waals surface area contributed by atoms with Crippen molar-refractivity contribution in [3.05, 3.63) is 53.5 Å². The van der Waals surface area contributed by atoms with Crippen molar-refractivity contribution >= 4 is 6.47 Å². The number of carbonyl (C=O) groups is 1. The molecule has 2 aromatic rings. The van der Waals surface area contributed by atoms with Gasteiger partial charge in [0.25, 0.3) is 6.47 Å². The number of fused-ring (bicyclic) bond motifs is 1. The predicted molar refractivity (Wildman–Crippen MR) is 86.4 cm³/mol. The highest BCUT2D eigenvalue weighted by Gasteiger charge is 2.18. The SMILES string of the molecule is COc1ncnc2c1CCN(Cc1ccccc1)CC2.O=CO. The van der Waals surface area contributed by atoms with Crippen molar-refractivity contribution in [3.8, 4) is 5.88 Å². The number of rotatable bonds is 3. The molecule has 0 fully saturated rings. The second-order valence-corrected chi connectivity index (χ2v) is 5.18. The molecule has 0 saturated heterocycles. The molecule has 0 amide bonds. The molecule has 2 heterocycles. The molecule has 0 bridgehead atoms. The third-order valence-corrected chi connectivity index (χ3v) is 3.78. The maximum atomic E-state index is 8.36. The molecule has 0 atom stereocenters. The van der Waals surface area contributed by atoms with Crippen LogP contribution in [0, 0.1) is 0 Å². The zero-order chi connectivity index (χ0) is 16.5. The van der Waals surface area contributed by atoms with Crippen LogP contribution in [0.4, 0.5) is 0 Å². The minimum atomic E-state index is -0.250. The zero-order valence-electron chi connectivity index (χ0n) is 13.2. The van der Waals surface area contributed by atoms with Crippen molar-refractivity contribution in [1.82, 2.24) is 14.9 Å². The van der Waals surface area contributed by atoms with E-state index >= 15 is 0 Å². The van der Waals surface area contributed by atoms with Gasteiger partial charge in [0.2, 0.25) is 5.88 Å². The van der Waals surface area contributed by atoms with Gasteiger partial charge in [0.05, 0.1) is 12.8 Å².